The van der Waals surface area contributed by atoms with Crippen molar-refractivity contribution in [2.45, 2.75) is 18.8 Å². The highest BCUT2D eigenvalue weighted by molar-refractivity contribution is 5.85. The molecule has 2 atom stereocenters. The molecule has 1 N–H and O–H groups in total. The summed E-state index contributed by atoms with van der Waals surface area (Å²) in [5.74, 6) is 1.94. The Balaban J connectivity index is 0.00000157. The van der Waals surface area contributed by atoms with E-state index in [0.717, 1.165) is 24.5 Å². The summed E-state index contributed by atoms with van der Waals surface area (Å²) < 4.78 is 5.56. The minimum atomic E-state index is 0. The van der Waals surface area contributed by atoms with Gasteiger partial charge in [0.15, 0.2) is 0 Å². The lowest BCUT2D eigenvalue weighted by Gasteiger charge is -2.02. The molecule has 5 heteroatoms. The molecule has 2 unspecified atom stereocenters. The number of hydrogen-bond donors (Lipinski definition) is 1. The largest absolute Gasteiger partial charge is 0.339 e. The Morgan fingerprint density at radius 2 is 1.68 bits per heavy atom. The molecule has 25 heavy (non-hydrogen) atoms. The van der Waals surface area contributed by atoms with Crippen molar-refractivity contribution >= 4 is 12.4 Å². The molecule has 4 nitrogen and oxygen atoms in total. The van der Waals surface area contributed by atoms with E-state index in [1.807, 2.05) is 6.07 Å². The second-order valence-corrected chi connectivity index (χ2v) is 6.95. The van der Waals surface area contributed by atoms with Crippen molar-refractivity contribution in [2.24, 2.45) is 5.41 Å². The van der Waals surface area contributed by atoms with Gasteiger partial charge in [-0.2, -0.15) is 4.98 Å². The van der Waals surface area contributed by atoms with Crippen LogP contribution in [0, 0.1) is 5.41 Å². The van der Waals surface area contributed by atoms with Gasteiger partial charge in [-0.05, 0) is 35.9 Å². The van der Waals surface area contributed by atoms with Crippen LogP contribution in [0.5, 0.6) is 0 Å². The van der Waals surface area contributed by atoms with E-state index in [4.69, 9.17) is 4.52 Å². The Morgan fingerprint density at radius 1 is 0.960 bits per heavy atom. The topological polar surface area (TPSA) is 51.0 Å². The summed E-state index contributed by atoms with van der Waals surface area (Å²) in [4.78, 5) is 4.66. The van der Waals surface area contributed by atoms with Crippen molar-refractivity contribution in [3.63, 3.8) is 0 Å². The number of nitrogens with zero attached hydrogens (tertiary/aromatic N) is 2. The summed E-state index contributed by atoms with van der Waals surface area (Å²) in [6.07, 6.45) is 2.40. The predicted octanol–water partition coefficient (Wildman–Crippen LogP) is 4.29. The van der Waals surface area contributed by atoms with Gasteiger partial charge in [0.1, 0.15) is 0 Å². The van der Waals surface area contributed by atoms with Crippen molar-refractivity contribution in [2.75, 3.05) is 13.1 Å². The molecule has 2 fully saturated rings. The number of hydrogen-bond acceptors (Lipinski definition) is 4. The van der Waals surface area contributed by atoms with Gasteiger partial charge < -0.3 is 9.84 Å². The maximum atomic E-state index is 5.56. The fraction of sp³-hybridized carbons (Fsp3) is 0.300. The van der Waals surface area contributed by atoms with E-state index in [9.17, 15) is 0 Å². The SMILES string of the molecule is Cl.c1ccc(-c2ccc(-c3noc(C4CC45CCNC5)n3)cc2)cc1. The monoisotopic (exact) mass is 353 g/mol. The zero-order chi connectivity index (χ0) is 16.0. The van der Waals surface area contributed by atoms with Crippen LogP contribution < -0.4 is 5.32 Å². The molecule has 1 spiro atoms. The maximum absolute atomic E-state index is 5.56. The van der Waals surface area contributed by atoms with Crippen molar-refractivity contribution < 1.29 is 4.52 Å². The van der Waals surface area contributed by atoms with Gasteiger partial charge in [0.05, 0.1) is 0 Å². The second-order valence-electron chi connectivity index (χ2n) is 6.95. The zero-order valence-electron chi connectivity index (χ0n) is 13.8. The minimum Gasteiger partial charge on any atom is -0.339 e. The Kier molecular flexibility index (Phi) is 4.10. The number of rotatable bonds is 3. The number of benzene rings is 2. The van der Waals surface area contributed by atoms with Crippen LogP contribution in [0.1, 0.15) is 24.7 Å². The Bertz CT molecular complexity index is 854. The summed E-state index contributed by atoms with van der Waals surface area (Å²) in [6.45, 7) is 2.19. The van der Waals surface area contributed by atoms with Crippen molar-refractivity contribution in [3.05, 3.63) is 60.5 Å². The third kappa shape index (κ3) is 2.86. The van der Waals surface area contributed by atoms with E-state index in [-0.39, 0.29) is 12.4 Å². The van der Waals surface area contributed by atoms with E-state index < -0.39 is 0 Å². The predicted molar refractivity (Wildman–Crippen MR) is 99.7 cm³/mol. The molecule has 2 aliphatic rings. The first-order chi connectivity index (χ1) is 11.8. The fourth-order valence-electron chi connectivity index (χ4n) is 3.87. The van der Waals surface area contributed by atoms with Crippen LogP contribution in [-0.2, 0) is 0 Å². The van der Waals surface area contributed by atoms with Crippen LogP contribution in [0.4, 0.5) is 0 Å². The summed E-state index contributed by atoms with van der Waals surface area (Å²) in [5, 5.41) is 7.64. The van der Waals surface area contributed by atoms with Gasteiger partial charge in [-0.3, -0.25) is 0 Å². The molecular formula is C20H20ClN3O. The molecule has 0 amide bonds. The first kappa shape index (κ1) is 16.3. The van der Waals surface area contributed by atoms with E-state index >= 15 is 0 Å². The molecule has 5 rings (SSSR count). The van der Waals surface area contributed by atoms with Crippen LogP contribution in [0.25, 0.3) is 22.5 Å². The first-order valence-corrected chi connectivity index (χ1v) is 8.54. The highest BCUT2D eigenvalue weighted by Crippen LogP contribution is 2.62. The lowest BCUT2D eigenvalue weighted by atomic mass is 10.0. The van der Waals surface area contributed by atoms with E-state index in [2.05, 4.69) is 64.0 Å². The normalized spacial score (nSPS) is 24.2. The van der Waals surface area contributed by atoms with Crippen molar-refractivity contribution in [1.82, 2.24) is 15.5 Å². The fourth-order valence-corrected chi connectivity index (χ4v) is 3.87. The average Bonchev–Trinajstić information content (AvgIpc) is 3.00. The molecular weight excluding hydrogens is 334 g/mol. The van der Waals surface area contributed by atoms with E-state index in [1.54, 1.807) is 0 Å². The molecule has 0 radical (unpaired) electrons. The van der Waals surface area contributed by atoms with Gasteiger partial charge in [0, 0.05) is 18.0 Å². The molecule has 1 aliphatic carbocycles. The quantitative estimate of drug-likeness (QED) is 0.763. The van der Waals surface area contributed by atoms with Crippen LogP contribution in [0.2, 0.25) is 0 Å². The van der Waals surface area contributed by atoms with Gasteiger partial charge >= 0.3 is 0 Å². The van der Waals surface area contributed by atoms with Gasteiger partial charge in [-0.25, -0.2) is 0 Å². The van der Waals surface area contributed by atoms with E-state index in [1.165, 1.54) is 24.0 Å². The molecule has 1 saturated heterocycles. The zero-order valence-corrected chi connectivity index (χ0v) is 14.6. The highest BCUT2D eigenvalue weighted by Gasteiger charge is 2.58. The Hall–Kier alpha value is -2.17. The molecule has 0 bridgehead atoms. The van der Waals surface area contributed by atoms with E-state index in [0.29, 0.717) is 17.2 Å². The molecule has 3 aromatic rings. The summed E-state index contributed by atoms with van der Waals surface area (Å²) >= 11 is 0. The molecule has 2 heterocycles. The number of nitrogens with one attached hydrogen (secondary N) is 1. The Morgan fingerprint density at radius 3 is 2.40 bits per heavy atom. The second kappa shape index (κ2) is 6.28. The average molecular weight is 354 g/mol. The third-order valence-electron chi connectivity index (χ3n) is 5.46. The Labute approximate surface area is 153 Å². The molecule has 2 aromatic carbocycles. The third-order valence-corrected chi connectivity index (χ3v) is 5.46. The molecule has 1 saturated carbocycles. The summed E-state index contributed by atoms with van der Waals surface area (Å²) in [6, 6.07) is 18.7. The van der Waals surface area contributed by atoms with Crippen LogP contribution in [-0.4, -0.2) is 23.2 Å². The first-order valence-electron chi connectivity index (χ1n) is 8.54. The molecule has 1 aliphatic heterocycles. The lowest BCUT2D eigenvalue weighted by Crippen LogP contribution is -2.10. The number of halogens is 1. The summed E-state index contributed by atoms with van der Waals surface area (Å²) in [7, 11) is 0. The lowest BCUT2D eigenvalue weighted by molar-refractivity contribution is 0.364. The smallest absolute Gasteiger partial charge is 0.230 e. The van der Waals surface area contributed by atoms with Gasteiger partial charge in [-0.1, -0.05) is 59.8 Å². The molecule has 128 valence electrons. The van der Waals surface area contributed by atoms with Gasteiger partial charge in [-0.15, -0.1) is 12.4 Å². The minimum absolute atomic E-state index is 0. The highest BCUT2D eigenvalue weighted by atomic mass is 35.5. The van der Waals surface area contributed by atoms with Crippen molar-refractivity contribution in [3.8, 4) is 22.5 Å². The molecule has 1 aromatic heterocycles. The van der Waals surface area contributed by atoms with Crippen molar-refractivity contribution in [1.29, 1.82) is 0 Å². The van der Waals surface area contributed by atoms with Gasteiger partial charge in [0.25, 0.3) is 0 Å². The van der Waals surface area contributed by atoms with Crippen LogP contribution in [0.15, 0.2) is 59.1 Å². The standard InChI is InChI=1S/C20H19N3O.ClH/c1-2-4-14(5-3-1)15-6-8-16(9-7-15)18-22-19(24-23-18)17-12-20(17)10-11-21-13-20;/h1-9,17,21H,10-13H2;1H. The van der Waals surface area contributed by atoms with Crippen LogP contribution >= 0.6 is 12.4 Å². The summed E-state index contributed by atoms with van der Waals surface area (Å²) in [5.41, 5.74) is 3.80. The van der Waals surface area contributed by atoms with Gasteiger partial charge in [0.2, 0.25) is 11.7 Å². The maximum Gasteiger partial charge on any atom is 0.230 e. The number of aromatic nitrogens is 2. The van der Waals surface area contributed by atoms with Crippen LogP contribution in [0.3, 0.4) is 0 Å².